The molecule has 6 nitrogen and oxygen atoms in total. The average Bonchev–Trinajstić information content (AvgIpc) is 3.06. The number of likely N-dealkylation sites (N-methyl/N-ethyl adjacent to an activating group) is 1. The van der Waals surface area contributed by atoms with Gasteiger partial charge in [0, 0.05) is 5.56 Å². The fourth-order valence-electron chi connectivity index (χ4n) is 4.74. The number of hydrogen-bond donors (Lipinski definition) is 1. The van der Waals surface area contributed by atoms with E-state index in [1.54, 1.807) is 11.0 Å². The van der Waals surface area contributed by atoms with E-state index < -0.39 is 17.6 Å². The molecule has 1 saturated carbocycles. The number of piperazine rings is 1. The molecule has 2 amide bonds. The Hall–Kier alpha value is -1.99. The molecule has 2 aliphatic heterocycles. The monoisotopic (exact) mass is 390 g/mol. The molecule has 0 unspecified atom stereocenters. The topological polar surface area (TPSA) is 54.3 Å². The first-order chi connectivity index (χ1) is 13.5. The number of benzene rings is 1. The van der Waals surface area contributed by atoms with E-state index in [2.05, 4.69) is 7.05 Å². The Morgan fingerprint density at radius 1 is 1.18 bits per heavy atom. The summed E-state index contributed by atoms with van der Waals surface area (Å²) in [6, 6.07) is 5.09. The summed E-state index contributed by atoms with van der Waals surface area (Å²) in [5.41, 5.74) is -0.462. The normalized spacial score (nSPS) is 25.3. The lowest BCUT2D eigenvalue weighted by atomic mass is 9.89. The van der Waals surface area contributed by atoms with Crippen LogP contribution in [0.4, 0.5) is 4.39 Å². The molecule has 4 rings (SSSR count). The number of carbonyl (C=O) groups is 2. The highest BCUT2D eigenvalue weighted by Gasteiger charge is 2.53. The zero-order valence-corrected chi connectivity index (χ0v) is 16.5. The largest absolute Gasteiger partial charge is 0.353 e. The van der Waals surface area contributed by atoms with E-state index in [-0.39, 0.29) is 24.0 Å². The highest BCUT2D eigenvalue weighted by atomic mass is 19.1. The fraction of sp³-hybridized carbons (Fsp3) is 0.619. The van der Waals surface area contributed by atoms with Crippen molar-refractivity contribution in [1.29, 1.82) is 0 Å². The summed E-state index contributed by atoms with van der Waals surface area (Å²) in [6.45, 7) is 3.41. The van der Waals surface area contributed by atoms with Gasteiger partial charge >= 0.3 is 0 Å². The van der Waals surface area contributed by atoms with Crippen molar-refractivity contribution in [3.8, 4) is 0 Å². The fourth-order valence-corrected chi connectivity index (χ4v) is 4.74. The minimum absolute atomic E-state index is 0.0419. The van der Waals surface area contributed by atoms with Gasteiger partial charge in [-0.2, -0.15) is 0 Å². The van der Waals surface area contributed by atoms with E-state index in [1.165, 1.54) is 23.1 Å². The maximum atomic E-state index is 13.8. The number of hydrogen-bond acceptors (Lipinski definition) is 3. The van der Waals surface area contributed by atoms with Crippen LogP contribution >= 0.6 is 0 Å². The molecule has 0 aromatic heterocycles. The third kappa shape index (κ3) is 3.53. The summed E-state index contributed by atoms with van der Waals surface area (Å²) in [7, 11) is 2.12. The Balaban J connectivity index is 1.63. The van der Waals surface area contributed by atoms with Crippen LogP contribution in [0.5, 0.6) is 0 Å². The van der Waals surface area contributed by atoms with Gasteiger partial charge in [-0.1, -0.05) is 12.5 Å². The average molecular weight is 390 g/mol. The predicted molar refractivity (Wildman–Crippen MR) is 101 cm³/mol. The van der Waals surface area contributed by atoms with Gasteiger partial charge in [-0.25, -0.2) is 4.39 Å². The predicted octanol–water partition coefficient (Wildman–Crippen LogP) is 0.684. The summed E-state index contributed by atoms with van der Waals surface area (Å²) in [5, 5.41) is 0. The van der Waals surface area contributed by atoms with Gasteiger partial charge in [-0.15, -0.1) is 0 Å². The molecule has 1 aliphatic carbocycles. The number of nitrogens with one attached hydrogen (secondary N) is 1. The maximum absolute atomic E-state index is 13.8. The van der Waals surface area contributed by atoms with Crippen LogP contribution in [0.1, 0.15) is 42.5 Å². The minimum Gasteiger partial charge on any atom is -0.353 e. The van der Waals surface area contributed by atoms with E-state index in [0.717, 1.165) is 45.2 Å². The Morgan fingerprint density at radius 3 is 2.57 bits per heavy atom. The first-order valence-electron chi connectivity index (χ1n) is 10.3. The molecule has 28 heavy (non-hydrogen) atoms. The molecule has 1 atom stereocenters. The molecule has 2 heterocycles. The molecule has 0 radical (unpaired) electrons. The minimum atomic E-state index is -0.736. The standard InChI is InChI=1S/C21H28FN3O3/c1-23-10-12-24(13-11-23)20(27)18-15-28-21(8-3-2-4-9-21)25(18)19(26)16-6-5-7-17(22)14-16/h5-7,14,18H,2-4,8-13,15H2,1H3/p+1/t18-/m1/s1. The van der Waals surface area contributed by atoms with Crippen LogP contribution in [-0.4, -0.2) is 73.2 Å². The van der Waals surface area contributed by atoms with Gasteiger partial charge < -0.3 is 14.5 Å². The molecule has 1 aromatic carbocycles. The van der Waals surface area contributed by atoms with E-state index in [4.69, 9.17) is 4.74 Å². The number of nitrogens with zero attached hydrogens (tertiary/aromatic N) is 2. The van der Waals surface area contributed by atoms with E-state index >= 15 is 0 Å². The van der Waals surface area contributed by atoms with E-state index in [1.807, 2.05) is 4.90 Å². The zero-order valence-electron chi connectivity index (χ0n) is 16.5. The summed E-state index contributed by atoms with van der Waals surface area (Å²) in [6.07, 6.45) is 4.49. The second kappa shape index (κ2) is 7.79. The van der Waals surface area contributed by atoms with Crippen LogP contribution in [0.25, 0.3) is 0 Å². The van der Waals surface area contributed by atoms with Crippen molar-refractivity contribution in [1.82, 2.24) is 9.80 Å². The second-order valence-corrected chi connectivity index (χ2v) is 8.30. The Labute approximate surface area is 165 Å². The molecular weight excluding hydrogens is 361 g/mol. The van der Waals surface area contributed by atoms with Gasteiger partial charge in [0.2, 0.25) is 5.91 Å². The maximum Gasteiger partial charge on any atom is 0.256 e. The number of quaternary nitrogens is 1. The molecule has 0 bridgehead atoms. The van der Waals surface area contributed by atoms with Crippen molar-refractivity contribution in [2.75, 3.05) is 39.8 Å². The van der Waals surface area contributed by atoms with Crippen LogP contribution in [0.2, 0.25) is 0 Å². The number of rotatable bonds is 2. The number of carbonyl (C=O) groups excluding carboxylic acids is 2. The van der Waals surface area contributed by atoms with Crippen LogP contribution in [0.15, 0.2) is 24.3 Å². The van der Waals surface area contributed by atoms with Gasteiger partial charge in [-0.3, -0.25) is 14.5 Å². The van der Waals surface area contributed by atoms with Crippen molar-refractivity contribution >= 4 is 11.8 Å². The molecule has 1 aromatic rings. The van der Waals surface area contributed by atoms with Gasteiger partial charge in [0.05, 0.1) is 39.8 Å². The number of ether oxygens (including phenoxy) is 1. The van der Waals surface area contributed by atoms with E-state index in [9.17, 15) is 14.0 Å². The summed E-state index contributed by atoms with van der Waals surface area (Å²) >= 11 is 0. The second-order valence-electron chi connectivity index (χ2n) is 8.30. The third-order valence-corrected chi connectivity index (χ3v) is 6.40. The van der Waals surface area contributed by atoms with Crippen molar-refractivity contribution in [3.63, 3.8) is 0 Å². The quantitative estimate of drug-likeness (QED) is 0.808. The van der Waals surface area contributed by atoms with Crippen LogP contribution < -0.4 is 4.90 Å². The van der Waals surface area contributed by atoms with Gasteiger partial charge in [-0.05, 0) is 43.9 Å². The molecule has 3 aliphatic rings. The first-order valence-corrected chi connectivity index (χ1v) is 10.3. The molecule has 7 heteroatoms. The summed E-state index contributed by atoms with van der Waals surface area (Å²) in [5.74, 6) is -0.801. The highest BCUT2D eigenvalue weighted by Crippen LogP contribution is 2.41. The van der Waals surface area contributed by atoms with Crippen molar-refractivity contribution < 1.29 is 23.6 Å². The molecular formula is C21H29FN3O3+. The Morgan fingerprint density at radius 2 is 1.89 bits per heavy atom. The van der Waals surface area contributed by atoms with Crippen LogP contribution in [0, 0.1) is 5.82 Å². The number of amides is 2. The lowest BCUT2D eigenvalue weighted by Gasteiger charge is -2.42. The first kappa shape index (κ1) is 19.3. The highest BCUT2D eigenvalue weighted by molar-refractivity contribution is 5.98. The summed E-state index contributed by atoms with van der Waals surface area (Å²) in [4.78, 5) is 31.7. The molecule has 2 saturated heterocycles. The lowest BCUT2D eigenvalue weighted by Crippen LogP contribution is -3.12. The van der Waals surface area contributed by atoms with Gasteiger partial charge in [0.15, 0.2) is 0 Å². The van der Waals surface area contributed by atoms with Crippen LogP contribution in [-0.2, 0) is 9.53 Å². The zero-order chi connectivity index (χ0) is 19.7. The molecule has 3 fully saturated rings. The SMILES string of the molecule is C[NH+]1CCN(C(=O)[C@H]2COC3(CCCCC3)N2C(=O)c2cccc(F)c2)CC1. The third-order valence-electron chi connectivity index (χ3n) is 6.40. The van der Waals surface area contributed by atoms with Crippen LogP contribution in [0.3, 0.4) is 0 Å². The molecule has 152 valence electrons. The Bertz CT molecular complexity index is 742. The van der Waals surface area contributed by atoms with E-state index in [0.29, 0.717) is 13.1 Å². The molecule has 1 N–H and O–H groups in total. The van der Waals surface area contributed by atoms with Crippen molar-refractivity contribution in [3.05, 3.63) is 35.6 Å². The van der Waals surface area contributed by atoms with Gasteiger partial charge in [0.1, 0.15) is 17.6 Å². The van der Waals surface area contributed by atoms with Gasteiger partial charge in [0.25, 0.3) is 5.91 Å². The van der Waals surface area contributed by atoms with Crippen molar-refractivity contribution in [2.24, 2.45) is 0 Å². The lowest BCUT2D eigenvalue weighted by molar-refractivity contribution is -0.883. The Kier molecular flexibility index (Phi) is 5.38. The smallest absolute Gasteiger partial charge is 0.256 e. The number of halogens is 1. The summed E-state index contributed by atoms with van der Waals surface area (Å²) < 4.78 is 19.9. The van der Waals surface area contributed by atoms with Crippen molar-refractivity contribution in [2.45, 2.75) is 43.9 Å². The molecule has 1 spiro atoms.